The zero-order valence-corrected chi connectivity index (χ0v) is 15.8. The minimum Gasteiger partial charge on any atom is -0.484 e. The van der Waals surface area contributed by atoms with Gasteiger partial charge in [0.15, 0.2) is 12.4 Å². The number of hydrogen-bond acceptors (Lipinski definition) is 4. The molecular formula is C21H24N2O4. The molecule has 6 heteroatoms. The summed E-state index contributed by atoms with van der Waals surface area (Å²) in [4.78, 5) is 35.8. The molecule has 0 saturated carbocycles. The Labute approximate surface area is 158 Å². The van der Waals surface area contributed by atoms with Gasteiger partial charge < -0.3 is 4.74 Å². The highest BCUT2D eigenvalue weighted by Gasteiger charge is 2.12. The minimum absolute atomic E-state index is 0.00870. The Morgan fingerprint density at radius 1 is 0.852 bits per heavy atom. The lowest BCUT2D eigenvalue weighted by Crippen LogP contribution is -2.43. The lowest BCUT2D eigenvalue weighted by Gasteiger charge is -2.09. The van der Waals surface area contributed by atoms with Crippen LogP contribution in [0.5, 0.6) is 5.75 Å². The summed E-state index contributed by atoms with van der Waals surface area (Å²) in [5.41, 5.74) is 8.09. The molecule has 0 aliphatic heterocycles. The van der Waals surface area contributed by atoms with Gasteiger partial charge in [0.25, 0.3) is 5.91 Å². The highest BCUT2D eigenvalue weighted by atomic mass is 16.5. The summed E-state index contributed by atoms with van der Waals surface area (Å²) in [6, 6.07) is 13.0. The number of hydrogen-bond donors (Lipinski definition) is 2. The lowest BCUT2D eigenvalue weighted by molar-refractivity contribution is -0.130. The Morgan fingerprint density at radius 3 is 2.30 bits per heavy atom. The molecule has 0 radical (unpaired) electrons. The summed E-state index contributed by atoms with van der Waals surface area (Å²) in [5, 5.41) is 0. The van der Waals surface area contributed by atoms with E-state index < -0.39 is 11.8 Å². The standard InChI is InChI=1S/C21H24N2O4/c1-14-5-4-6-17(11-14)27-13-21(26)23-22-20(25)10-9-19(24)18-12-15(2)7-8-16(18)3/h4-8,11-12H,9-10,13H2,1-3H3,(H,22,25)(H,23,26). The van der Waals surface area contributed by atoms with Crippen molar-refractivity contribution in [1.82, 2.24) is 10.9 Å². The van der Waals surface area contributed by atoms with E-state index in [9.17, 15) is 14.4 Å². The van der Waals surface area contributed by atoms with Gasteiger partial charge in [-0.05, 0) is 50.1 Å². The molecule has 0 bridgehead atoms. The van der Waals surface area contributed by atoms with Crippen molar-refractivity contribution in [2.45, 2.75) is 33.6 Å². The quantitative estimate of drug-likeness (QED) is 0.581. The topological polar surface area (TPSA) is 84.5 Å². The van der Waals surface area contributed by atoms with Crippen LogP contribution < -0.4 is 15.6 Å². The number of benzene rings is 2. The number of carbonyl (C=O) groups excluding carboxylic acids is 3. The molecule has 2 aromatic rings. The Morgan fingerprint density at radius 2 is 1.56 bits per heavy atom. The third kappa shape index (κ3) is 6.58. The summed E-state index contributed by atoms with van der Waals surface area (Å²) in [7, 11) is 0. The number of Topliss-reactive ketones (excluding diaryl/α,β-unsaturated/α-hetero) is 1. The largest absolute Gasteiger partial charge is 0.484 e. The number of carbonyl (C=O) groups is 3. The summed E-state index contributed by atoms with van der Waals surface area (Å²) < 4.78 is 5.34. The van der Waals surface area contributed by atoms with Crippen LogP contribution in [0.3, 0.4) is 0 Å². The Balaban J connectivity index is 1.71. The summed E-state index contributed by atoms with van der Waals surface area (Å²) in [5.74, 6) is -0.431. The number of amides is 2. The van der Waals surface area contributed by atoms with E-state index in [2.05, 4.69) is 10.9 Å². The van der Waals surface area contributed by atoms with Gasteiger partial charge in [-0.3, -0.25) is 25.2 Å². The van der Waals surface area contributed by atoms with Gasteiger partial charge in [0, 0.05) is 18.4 Å². The van der Waals surface area contributed by atoms with Crippen molar-refractivity contribution in [1.29, 1.82) is 0 Å². The molecule has 2 N–H and O–H groups in total. The molecule has 0 fully saturated rings. The molecule has 0 aliphatic carbocycles. The van der Waals surface area contributed by atoms with Gasteiger partial charge in [0.2, 0.25) is 5.91 Å². The Kier molecular flexibility index (Phi) is 7.11. The first-order valence-corrected chi connectivity index (χ1v) is 8.73. The summed E-state index contributed by atoms with van der Waals surface area (Å²) >= 11 is 0. The van der Waals surface area contributed by atoms with Gasteiger partial charge in [-0.15, -0.1) is 0 Å². The molecule has 0 heterocycles. The van der Waals surface area contributed by atoms with Gasteiger partial charge in [0.05, 0.1) is 0 Å². The van der Waals surface area contributed by atoms with E-state index in [1.807, 2.05) is 57.2 Å². The lowest BCUT2D eigenvalue weighted by atomic mass is 9.99. The van der Waals surface area contributed by atoms with E-state index in [0.717, 1.165) is 16.7 Å². The van der Waals surface area contributed by atoms with Crippen molar-refractivity contribution in [2.24, 2.45) is 0 Å². The first-order chi connectivity index (χ1) is 12.8. The van der Waals surface area contributed by atoms with E-state index in [4.69, 9.17) is 4.74 Å². The molecule has 2 aromatic carbocycles. The Hall–Kier alpha value is -3.15. The van der Waals surface area contributed by atoms with E-state index in [1.165, 1.54) is 0 Å². The van der Waals surface area contributed by atoms with Crippen molar-refractivity contribution < 1.29 is 19.1 Å². The summed E-state index contributed by atoms with van der Waals surface area (Å²) in [6.45, 7) is 5.48. The number of ether oxygens (including phenoxy) is 1. The number of hydrazine groups is 1. The highest BCUT2D eigenvalue weighted by molar-refractivity contribution is 5.99. The van der Waals surface area contributed by atoms with Gasteiger partial charge in [-0.25, -0.2) is 0 Å². The molecule has 0 aliphatic rings. The average molecular weight is 368 g/mol. The monoisotopic (exact) mass is 368 g/mol. The Bertz CT molecular complexity index is 846. The van der Waals surface area contributed by atoms with Crippen molar-refractivity contribution in [3.05, 3.63) is 64.7 Å². The van der Waals surface area contributed by atoms with Crippen molar-refractivity contribution in [3.63, 3.8) is 0 Å². The van der Waals surface area contributed by atoms with Crippen LogP contribution in [0, 0.1) is 20.8 Å². The molecule has 6 nitrogen and oxygen atoms in total. The zero-order chi connectivity index (χ0) is 19.8. The number of aryl methyl sites for hydroxylation is 3. The molecule has 27 heavy (non-hydrogen) atoms. The number of ketones is 1. The van der Waals surface area contributed by atoms with Gasteiger partial charge in [-0.2, -0.15) is 0 Å². The average Bonchev–Trinajstić information content (AvgIpc) is 2.64. The van der Waals surface area contributed by atoms with Crippen LogP contribution >= 0.6 is 0 Å². The first-order valence-electron chi connectivity index (χ1n) is 8.73. The number of rotatable bonds is 7. The molecular weight excluding hydrogens is 344 g/mol. The second kappa shape index (κ2) is 9.52. The molecule has 2 rings (SSSR count). The molecule has 0 spiro atoms. The third-order valence-corrected chi connectivity index (χ3v) is 3.97. The van der Waals surface area contributed by atoms with Crippen LogP contribution in [0.4, 0.5) is 0 Å². The van der Waals surface area contributed by atoms with Crippen LogP contribution in [0.25, 0.3) is 0 Å². The van der Waals surface area contributed by atoms with Crippen LogP contribution in [0.2, 0.25) is 0 Å². The summed E-state index contributed by atoms with van der Waals surface area (Å²) in [6.07, 6.45) is 0.0665. The van der Waals surface area contributed by atoms with Crippen molar-refractivity contribution in [2.75, 3.05) is 6.61 Å². The van der Waals surface area contributed by atoms with Crippen molar-refractivity contribution in [3.8, 4) is 5.75 Å². The van der Waals surface area contributed by atoms with Crippen molar-refractivity contribution >= 4 is 17.6 Å². The van der Waals surface area contributed by atoms with Crippen LogP contribution in [-0.4, -0.2) is 24.2 Å². The SMILES string of the molecule is Cc1cccc(OCC(=O)NNC(=O)CCC(=O)c2cc(C)ccc2C)c1. The van der Waals surface area contributed by atoms with Crippen LogP contribution in [0.1, 0.15) is 39.9 Å². The molecule has 0 unspecified atom stereocenters. The zero-order valence-electron chi connectivity index (χ0n) is 15.8. The molecule has 142 valence electrons. The fraction of sp³-hybridized carbons (Fsp3) is 0.286. The second-order valence-electron chi connectivity index (χ2n) is 6.44. The van der Waals surface area contributed by atoms with E-state index >= 15 is 0 Å². The maximum atomic E-state index is 12.3. The fourth-order valence-electron chi connectivity index (χ4n) is 2.49. The van der Waals surface area contributed by atoms with E-state index in [-0.39, 0.29) is 25.2 Å². The van der Waals surface area contributed by atoms with E-state index in [0.29, 0.717) is 11.3 Å². The third-order valence-electron chi connectivity index (χ3n) is 3.97. The van der Waals surface area contributed by atoms with Crippen LogP contribution in [-0.2, 0) is 9.59 Å². The maximum Gasteiger partial charge on any atom is 0.276 e. The van der Waals surface area contributed by atoms with Crippen LogP contribution in [0.15, 0.2) is 42.5 Å². The maximum absolute atomic E-state index is 12.3. The smallest absolute Gasteiger partial charge is 0.276 e. The predicted molar refractivity (Wildman–Crippen MR) is 102 cm³/mol. The first kappa shape index (κ1) is 20.2. The normalized spacial score (nSPS) is 10.2. The van der Waals surface area contributed by atoms with E-state index in [1.54, 1.807) is 6.07 Å². The van der Waals surface area contributed by atoms with Gasteiger partial charge >= 0.3 is 0 Å². The molecule has 2 amide bonds. The van der Waals surface area contributed by atoms with Gasteiger partial charge in [0.1, 0.15) is 5.75 Å². The molecule has 0 atom stereocenters. The fourth-order valence-corrected chi connectivity index (χ4v) is 2.49. The molecule has 0 saturated heterocycles. The van der Waals surface area contributed by atoms with Gasteiger partial charge in [-0.1, -0.05) is 29.8 Å². The minimum atomic E-state index is -0.481. The second-order valence-corrected chi connectivity index (χ2v) is 6.44. The molecule has 0 aromatic heterocycles. The highest BCUT2D eigenvalue weighted by Crippen LogP contribution is 2.14. The predicted octanol–water partition coefficient (Wildman–Crippen LogP) is 2.80. The number of nitrogens with one attached hydrogen (secondary N) is 2.